The molecular weight excluding hydrogens is 379 g/mol. The largest absolute Gasteiger partial charge is 0.452 e. The Labute approximate surface area is 147 Å². The van der Waals surface area contributed by atoms with Crippen LogP contribution in [-0.4, -0.2) is 32.6 Å². The molecule has 7 heteroatoms. The lowest BCUT2D eigenvalue weighted by Gasteiger charge is -2.13. The molecule has 0 unspecified atom stereocenters. The van der Waals surface area contributed by atoms with Crippen LogP contribution in [0.5, 0.6) is 0 Å². The van der Waals surface area contributed by atoms with E-state index in [4.69, 9.17) is 4.74 Å². The van der Waals surface area contributed by atoms with Gasteiger partial charge in [-0.05, 0) is 58.4 Å². The molecule has 126 valence electrons. The number of ether oxygens (including phenoxy) is 1. The fourth-order valence-electron chi connectivity index (χ4n) is 1.90. The van der Waals surface area contributed by atoms with E-state index in [2.05, 4.69) is 21.2 Å². The van der Waals surface area contributed by atoms with Crippen molar-refractivity contribution < 1.29 is 18.7 Å². The summed E-state index contributed by atoms with van der Waals surface area (Å²) in [7, 11) is 3.83. The fraction of sp³-hybridized carbons (Fsp3) is 0.176. The van der Waals surface area contributed by atoms with Crippen LogP contribution in [0, 0.1) is 5.82 Å². The lowest BCUT2D eigenvalue weighted by molar-refractivity contribution is -0.119. The topological polar surface area (TPSA) is 58.6 Å². The summed E-state index contributed by atoms with van der Waals surface area (Å²) in [5.41, 5.74) is 1.75. The minimum atomic E-state index is -0.708. The van der Waals surface area contributed by atoms with E-state index in [-0.39, 0.29) is 10.0 Å². The molecule has 0 bridgehead atoms. The van der Waals surface area contributed by atoms with Crippen LogP contribution >= 0.6 is 15.9 Å². The van der Waals surface area contributed by atoms with E-state index in [1.165, 1.54) is 6.07 Å². The van der Waals surface area contributed by atoms with Gasteiger partial charge in [-0.1, -0.05) is 0 Å². The highest BCUT2D eigenvalue weighted by Crippen LogP contribution is 2.19. The zero-order valence-electron chi connectivity index (χ0n) is 13.2. The van der Waals surface area contributed by atoms with Crippen LogP contribution in [0.3, 0.4) is 0 Å². The van der Waals surface area contributed by atoms with Crippen LogP contribution in [0.1, 0.15) is 10.4 Å². The van der Waals surface area contributed by atoms with Crippen molar-refractivity contribution in [2.45, 2.75) is 0 Å². The quantitative estimate of drug-likeness (QED) is 0.788. The maximum absolute atomic E-state index is 13.0. The first-order valence-corrected chi connectivity index (χ1v) is 7.85. The predicted octanol–water partition coefficient (Wildman–Crippen LogP) is 3.45. The van der Waals surface area contributed by atoms with Gasteiger partial charge in [0.1, 0.15) is 5.82 Å². The lowest BCUT2D eigenvalue weighted by Crippen LogP contribution is -2.21. The molecule has 0 atom stereocenters. The summed E-state index contributed by atoms with van der Waals surface area (Å²) in [6, 6.07) is 10.8. The van der Waals surface area contributed by atoms with Crippen molar-refractivity contribution in [2.75, 3.05) is 30.9 Å². The number of esters is 1. The zero-order chi connectivity index (χ0) is 17.7. The molecule has 0 aliphatic heterocycles. The molecule has 0 aliphatic carbocycles. The summed E-state index contributed by atoms with van der Waals surface area (Å²) in [5, 5.41) is 2.63. The molecule has 0 heterocycles. The van der Waals surface area contributed by atoms with Gasteiger partial charge in [-0.2, -0.15) is 0 Å². The van der Waals surface area contributed by atoms with Gasteiger partial charge in [-0.15, -0.1) is 0 Å². The Morgan fingerprint density at radius 1 is 1.17 bits per heavy atom. The van der Waals surface area contributed by atoms with Gasteiger partial charge < -0.3 is 15.0 Å². The van der Waals surface area contributed by atoms with Gasteiger partial charge in [0.2, 0.25) is 0 Å². The van der Waals surface area contributed by atoms with Crippen molar-refractivity contribution in [2.24, 2.45) is 0 Å². The Hall–Kier alpha value is -2.41. The first-order chi connectivity index (χ1) is 11.4. The number of hydrogen-bond donors (Lipinski definition) is 1. The summed E-state index contributed by atoms with van der Waals surface area (Å²) < 4.78 is 18.2. The van der Waals surface area contributed by atoms with Crippen molar-refractivity contribution >= 4 is 39.2 Å². The third-order valence-corrected chi connectivity index (χ3v) is 3.81. The van der Waals surface area contributed by atoms with E-state index in [1.54, 1.807) is 12.1 Å². The van der Waals surface area contributed by atoms with Crippen LogP contribution < -0.4 is 10.2 Å². The maximum atomic E-state index is 13.0. The van der Waals surface area contributed by atoms with E-state index in [0.29, 0.717) is 5.69 Å². The third-order valence-electron chi connectivity index (χ3n) is 3.15. The predicted molar refractivity (Wildman–Crippen MR) is 93.8 cm³/mol. The number of nitrogens with zero attached hydrogens (tertiary/aromatic N) is 1. The second-order valence-electron chi connectivity index (χ2n) is 5.19. The standard InChI is InChI=1S/C17H16BrFN2O3/c1-21(2)13-6-4-12(5-7-13)20-16(22)10-24-17(23)14-8-3-11(19)9-15(14)18/h3-9H,10H2,1-2H3,(H,20,22). The number of rotatable bonds is 5. The summed E-state index contributed by atoms with van der Waals surface area (Å²) >= 11 is 3.08. The number of anilines is 2. The van der Waals surface area contributed by atoms with Crippen LogP contribution in [0.2, 0.25) is 0 Å². The number of benzene rings is 2. The normalized spacial score (nSPS) is 10.2. The number of nitrogens with one attached hydrogen (secondary N) is 1. The summed E-state index contributed by atoms with van der Waals surface area (Å²) in [6.07, 6.45) is 0. The van der Waals surface area contributed by atoms with Crippen LogP contribution in [0.15, 0.2) is 46.9 Å². The van der Waals surface area contributed by atoms with E-state index in [9.17, 15) is 14.0 Å². The molecule has 0 aromatic heterocycles. The van der Waals surface area contributed by atoms with E-state index >= 15 is 0 Å². The highest BCUT2D eigenvalue weighted by atomic mass is 79.9. The summed E-state index contributed by atoms with van der Waals surface area (Å²) in [4.78, 5) is 25.7. The van der Waals surface area contributed by atoms with Gasteiger partial charge in [0.15, 0.2) is 6.61 Å². The fourth-order valence-corrected chi connectivity index (χ4v) is 2.42. The highest BCUT2D eigenvalue weighted by molar-refractivity contribution is 9.10. The lowest BCUT2D eigenvalue weighted by atomic mass is 10.2. The summed E-state index contributed by atoms with van der Waals surface area (Å²) in [6.45, 7) is -0.432. The SMILES string of the molecule is CN(C)c1ccc(NC(=O)COC(=O)c2ccc(F)cc2Br)cc1. The molecule has 0 saturated heterocycles. The number of hydrogen-bond acceptors (Lipinski definition) is 4. The first-order valence-electron chi connectivity index (χ1n) is 7.06. The van der Waals surface area contributed by atoms with Crippen LogP contribution in [0.4, 0.5) is 15.8 Å². The average Bonchev–Trinajstić information content (AvgIpc) is 2.53. The first kappa shape index (κ1) is 17.9. The Morgan fingerprint density at radius 2 is 1.83 bits per heavy atom. The number of halogens is 2. The van der Waals surface area contributed by atoms with E-state index < -0.39 is 24.3 Å². The molecular formula is C17H16BrFN2O3. The van der Waals surface area contributed by atoms with E-state index in [0.717, 1.165) is 17.8 Å². The van der Waals surface area contributed by atoms with E-state index in [1.807, 2.05) is 31.1 Å². The number of carbonyl (C=O) groups excluding carboxylic acids is 2. The zero-order valence-corrected chi connectivity index (χ0v) is 14.8. The van der Waals surface area contributed by atoms with Crippen molar-refractivity contribution in [3.05, 3.63) is 58.3 Å². The molecule has 0 fully saturated rings. The molecule has 0 spiro atoms. The Balaban J connectivity index is 1.89. The maximum Gasteiger partial charge on any atom is 0.339 e. The van der Waals surface area contributed by atoms with Crippen molar-refractivity contribution in [3.8, 4) is 0 Å². The second-order valence-corrected chi connectivity index (χ2v) is 6.04. The van der Waals surface area contributed by atoms with Crippen LogP contribution in [-0.2, 0) is 9.53 Å². The minimum absolute atomic E-state index is 0.152. The molecule has 0 aliphatic rings. The number of carbonyl (C=O) groups is 2. The van der Waals surface area contributed by atoms with Gasteiger partial charge in [0, 0.05) is 29.9 Å². The van der Waals surface area contributed by atoms with Gasteiger partial charge in [0.05, 0.1) is 5.56 Å². The average molecular weight is 395 g/mol. The molecule has 2 aromatic carbocycles. The van der Waals surface area contributed by atoms with Crippen molar-refractivity contribution in [1.82, 2.24) is 0 Å². The van der Waals surface area contributed by atoms with Crippen LogP contribution in [0.25, 0.3) is 0 Å². The minimum Gasteiger partial charge on any atom is -0.452 e. The number of amides is 1. The highest BCUT2D eigenvalue weighted by Gasteiger charge is 2.14. The Kier molecular flexibility index (Phi) is 5.92. The molecule has 1 N–H and O–H groups in total. The molecule has 2 aromatic rings. The Bertz CT molecular complexity index is 748. The molecule has 2 rings (SSSR count). The van der Waals surface area contributed by atoms with Gasteiger partial charge in [-0.3, -0.25) is 4.79 Å². The molecule has 5 nitrogen and oxygen atoms in total. The van der Waals surface area contributed by atoms with Crippen molar-refractivity contribution in [3.63, 3.8) is 0 Å². The monoisotopic (exact) mass is 394 g/mol. The molecule has 24 heavy (non-hydrogen) atoms. The Morgan fingerprint density at radius 3 is 2.42 bits per heavy atom. The second kappa shape index (κ2) is 7.92. The van der Waals surface area contributed by atoms with Crippen molar-refractivity contribution in [1.29, 1.82) is 0 Å². The summed E-state index contributed by atoms with van der Waals surface area (Å²) in [5.74, 6) is -1.64. The van der Waals surface area contributed by atoms with Gasteiger partial charge >= 0.3 is 5.97 Å². The molecule has 0 saturated carbocycles. The smallest absolute Gasteiger partial charge is 0.339 e. The van der Waals surface area contributed by atoms with Gasteiger partial charge in [-0.25, -0.2) is 9.18 Å². The molecule has 1 amide bonds. The third kappa shape index (κ3) is 4.79. The molecule has 0 radical (unpaired) electrons. The van der Waals surface area contributed by atoms with Gasteiger partial charge in [0.25, 0.3) is 5.91 Å².